The maximum Gasteiger partial charge on any atom is 0.0595 e. The van der Waals surface area contributed by atoms with Crippen molar-refractivity contribution in [1.29, 1.82) is 0 Å². The van der Waals surface area contributed by atoms with Crippen molar-refractivity contribution in [2.45, 2.75) is 19.5 Å². The van der Waals surface area contributed by atoms with Gasteiger partial charge in [0.05, 0.1) is 10.0 Å². The Morgan fingerprint density at radius 1 is 0.947 bits per heavy atom. The molecule has 3 rings (SSSR count). The molecule has 0 saturated heterocycles. The van der Waals surface area contributed by atoms with Crippen molar-refractivity contribution >= 4 is 23.2 Å². The van der Waals surface area contributed by atoms with Gasteiger partial charge in [-0.3, -0.25) is 4.90 Å². The van der Waals surface area contributed by atoms with Crippen molar-refractivity contribution < 1.29 is 0 Å². The van der Waals surface area contributed by atoms with Crippen LogP contribution in [0.5, 0.6) is 0 Å². The fourth-order valence-electron chi connectivity index (χ4n) is 2.59. The van der Waals surface area contributed by atoms with Gasteiger partial charge in [-0.05, 0) is 35.2 Å². The molecule has 1 aliphatic rings. The molecule has 98 valence electrons. The molecule has 3 heteroatoms. The lowest BCUT2D eigenvalue weighted by molar-refractivity contribution is 0.245. The molecule has 19 heavy (non-hydrogen) atoms. The van der Waals surface area contributed by atoms with Crippen molar-refractivity contribution in [3.8, 4) is 0 Å². The van der Waals surface area contributed by atoms with Gasteiger partial charge < -0.3 is 0 Å². The van der Waals surface area contributed by atoms with E-state index in [1.807, 2.05) is 12.1 Å². The topological polar surface area (TPSA) is 3.24 Å². The van der Waals surface area contributed by atoms with E-state index in [1.165, 1.54) is 16.7 Å². The standard InChI is InChI=1S/C16H15Cl2N/c17-15-6-5-12(9-16(15)18)10-19-8-7-13-3-1-2-4-14(13)11-19/h1-6,9H,7-8,10-11H2. The zero-order valence-corrected chi connectivity index (χ0v) is 12.1. The lowest BCUT2D eigenvalue weighted by atomic mass is 9.99. The van der Waals surface area contributed by atoms with Crippen LogP contribution in [-0.4, -0.2) is 11.4 Å². The van der Waals surface area contributed by atoms with E-state index in [1.54, 1.807) is 0 Å². The summed E-state index contributed by atoms with van der Waals surface area (Å²) < 4.78 is 0. The van der Waals surface area contributed by atoms with Crippen LogP contribution in [0.15, 0.2) is 42.5 Å². The summed E-state index contributed by atoms with van der Waals surface area (Å²) in [5.41, 5.74) is 4.13. The monoisotopic (exact) mass is 291 g/mol. The number of hydrogen-bond acceptors (Lipinski definition) is 1. The van der Waals surface area contributed by atoms with Gasteiger partial charge in [0.25, 0.3) is 0 Å². The first-order chi connectivity index (χ1) is 9.22. The molecular weight excluding hydrogens is 277 g/mol. The fraction of sp³-hybridized carbons (Fsp3) is 0.250. The van der Waals surface area contributed by atoms with Gasteiger partial charge in [0.1, 0.15) is 0 Å². The Bertz CT molecular complexity index is 595. The number of fused-ring (bicyclic) bond motifs is 1. The number of hydrogen-bond donors (Lipinski definition) is 0. The van der Waals surface area contributed by atoms with Crippen molar-refractivity contribution in [3.63, 3.8) is 0 Å². The fourth-order valence-corrected chi connectivity index (χ4v) is 2.91. The van der Waals surface area contributed by atoms with Crippen molar-refractivity contribution in [2.75, 3.05) is 6.54 Å². The SMILES string of the molecule is Clc1ccc(CN2CCc3ccccc3C2)cc1Cl. The van der Waals surface area contributed by atoms with Gasteiger partial charge in [-0.25, -0.2) is 0 Å². The first kappa shape index (κ1) is 13.0. The highest BCUT2D eigenvalue weighted by Crippen LogP contribution is 2.25. The molecule has 2 aromatic rings. The molecular formula is C16H15Cl2N. The molecule has 0 radical (unpaired) electrons. The van der Waals surface area contributed by atoms with Crippen LogP contribution in [0.2, 0.25) is 10.0 Å². The summed E-state index contributed by atoms with van der Waals surface area (Å²) in [6, 6.07) is 14.6. The molecule has 0 bridgehead atoms. The summed E-state index contributed by atoms with van der Waals surface area (Å²) >= 11 is 12.0. The van der Waals surface area contributed by atoms with Gasteiger partial charge >= 0.3 is 0 Å². The van der Waals surface area contributed by atoms with E-state index in [-0.39, 0.29) is 0 Å². The molecule has 0 saturated carbocycles. The Hall–Kier alpha value is -1.02. The molecule has 1 aliphatic heterocycles. The Morgan fingerprint density at radius 3 is 2.53 bits per heavy atom. The van der Waals surface area contributed by atoms with Crippen LogP contribution in [0, 0.1) is 0 Å². The molecule has 0 aromatic heterocycles. The highest BCUT2D eigenvalue weighted by Gasteiger charge is 2.15. The molecule has 0 fully saturated rings. The molecule has 2 aromatic carbocycles. The zero-order valence-electron chi connectivity index (χ0n) is 10.6. The van der Waals surface area contributed by atoms with Crippen LogP contribution >= 0.6 is 23.2 Å². The predicted molar refractivity (Wildman–Crippen MR) is 80.7 cm³/mol. The second-order valence-electron chi connectivity index (χ2n) is 4.98. The van der Waals surface area contributed by atoms with E-state index in [2.05, 4.69) is 35.2 Å². The molecule has 0 spiro atoms. The maximum absolute atomic E-state index is 6.06. The average molecular weight is 292 g/mol. The molecule has 1 nitrogen and oxygen atoms in total. The van der Waals surface area contributed by atoms with Gasteiger partial charge in [0, 0.05) is 19.6 Å². The Kier molecular flexibility index (Phi) is 3.79. The molecule has 0 atom stereocenters. The maximum atomic E-state index is 6.06. The largest absolute Gasteiger partial charge is 0.294 e. The minimum Gasteiger partial charge on any atom is -0.294 e. The highest BCUT2D eigenvalue weighted by molar-refractivity contribution is 6.42. The minimum absolute atomic E-state index is 0.620. The Morgan fingerprint density at radius 2 is 1.74 bits per heavy atom. The summed E-state index contributed by atoms with van der Waals surface area (Å²) in [7, 11) is 0. The molecule has 0 N–H and O–H groups in total. The minimum atomic E-state index is 0.620. The summed E-state index contributed by atoms with van der Waals surface area (Å²) in [6.07, 6.45) is 1.12. The first-order valence-corrected chi connectivity index (χ1v) is 7.21. The van der Waals surface area contributed by atoms with Gasteiger partial charge in [0.2, 0.25) is 0 Å². The van der Waals surface area contributed by atoms with Gasteiger partial charge in [-0.15, -0.1) is 0 Å². The van der Waals surface area contributed by atoms with E-state index >= 15 is 0 Å². The quantitative estimate of drug-likeness (QED) is 0.784. The van der Waals surface area contributed by atoms with Crippen molar-refractivity contribution in [1.82, 2.24) is 4.90 Å². The van der Waals surface area contributed by atoms with E-state index < -0.39 is 0 Å². The second kappa shape index (κ2) is 5.54. The number of halogens is 2. The molecule has 0 unspecified atom stereocenters. The summed E-state index contributed by atoms with van der Waals surface area (Å²) in [5, 5.41) is 1.26. The van der Waals surface area contributed by atoms with Crippen LogP contribution in [0.4, 0.5) is 0 Å². The third kappa shape index (κ3) is 2.94. The Labute approximate surface area is 123 Å². The van der Waals surface area contributed by atoms with Crippen LogP contribution in [-0.2, 0) is 19.5 Å². The second-order valence-corrected chi connectivity index (χ2v) is 5.79. The van der Waals surface area contributed by atoms with E-state index in [9.17, 15) is 0 Å². The van der Waals surface area contributed by atoms with E-state index in [0.29, 0.717) is 10.0 Å². The zero-order chi connectivity index (χ0) is 13.2. The number of rotatable bonds is 2. The Balaban J connectivity index is 1.73. The molecule has 0 aliphatic carbocycles. The van der Waals surface area contributed by atoms with Gasteiger partial charge in [0.15, 0.2) is 0 Å². The molecule has 1 heterocycles. The average Bonchev–Trinajstić information content (AvgIpc) is 2.43. The number of benzene rings is 2. The first-order valence-electron chi connectivity index (χ1n) is 6.45. The number of nitrogens with zero attached hydrogens (tertiary/aromatic N) is 1. The van der Waals surface area contributed by atoms with Crippen molar-refractivity contribution in [3.05, 3.63) is 69.2 Å². The van der Waals surface area contributed by atoms with E-state index in [4.69, 9.17) is 23.2 Å². The molecule has 0 amide bonds. The van der Waals surface area contributed by atoms with Crippen LogP contribution in [0.25, 0.3) is 0 Å². The van der Waals surface area contributed by atoms with E-state index in [0.717, 1.165) is 26.1 Å². The lowest BCUT2D eigenvalue weighted by Crippen LogP contribution is -2.29. The summed E-state index contributed by atoms with van der Waals surface area (Å²) in [5.74, 6) is 0. The smallest absolute Gasteiger partial charge is 0.0595 e. The lowest BCUT2D eigenvalue weighted by Gasteiger charge is -2.28. The summed E-state index contributed by atoms with van der Waals surface area (Å²) in [4.78, 5) is 2.45. The highest BCUT2D eigenvalue weighted by atomic mass is 35.5. The van der Waals surface area contributed by atoms with Crippen LogP contribution in [0.1, 0.15) is 16.7 Å². The van der Waals surface area contributed by atoms with Gasteiger partial charge in [-0.2, -0.15) is 0 Å². The van der Waals surface area contributed by atoms with Crippen LogP contribution < -0.4 is 0 Å². The third-order valence-corrected chi connectivity index (χ3v) is 4.34. The summed E-state index contributed by atoms with van der Waals surface area (Å²) in [6.45, 7) is 3.03. The third-order valence-electron chi connectivity index (χ3n) is 3.60. The van der Waals surface area contributed by atoms with Gasteiger partial charge in [-0.1, -0.05) is 53.5 Å². The predicted octanol–water partition coefficient (Wildman–Crippen LogP) is 4.55. The normalized spacial score (nSPS) is 15.3. The van der Waals surface area contributed by atoms with Crippen LogP contribution in [0.3, 0.4) is 0 Å². The van der Waals surface area contributed by atoms with Crippen molar-refractivity contribution in [2.24, 2.45) is 0 Å².